The first-order valence-electron chi connectivity index (χ1n) is 6.19. The first kappa shape index (κ1) is 14.5. The molecule has 6 nitrogen and oxygen atoms in total. The van der Waals surface area contributed by atoms with Gasteiger partial charge in [0.25, 0.3) is 0 Å². The van der Waals surface area contributed by atoms with Gasteiger partial charge in [-0.3, -0.25) is 14.6 Å². The molecule has 2 rings (SSSR count). The molecule has 0 fully saturated rings. The third kappa shape index (κ3) is 4.04. The van der Waals surface area contributed by atoms with Crippen molar-refractivity contribution in [2.75, 3.05) is 18.6 Å². The first-order valence-corrected chi connectivity index (χ1v) is 6.19. The number of hydrogen-bond acceptors (Lipinski definition) is 5. The minimum atomic E-state index is -0.488. The Balaban J connectivity index is 2.07. The van der Waals surface area contributed by atoms with Gasteiger partial charge in [0.2, 0.25) is 6.41 Å². The molecule has 0 bridgehead atoms. The summed E-state index contributed by atoms with van der Waals surface area (Å²) in [6.07, 6.45) is 3.83. The summed E-state index contributed by atoms with van der Waals surface area (Å²) in [6.45, 7) is -0.136. The van der Waals surface area contributed by atoms with Gasteiger partial charge in [-0.25, -0.2) is 0 Å². The minimum absolute atomic E-state index is 0.136. The number of carbonyl (C=O) groups is 2. The summed E-state index contributed by atoms with van der Waals surface area (Å²) in [5.41, 5.74) is 0.578. The van der Waals surface area contributed by atoms with Crippen molar-refractivity contribution >= 4 is 18.1 Å². The second-order valence-electron chi connectivity index (χ2n) is 4.09. The molecule has 21 heavy (non-hydrogen) atoms. The van der Waals surface area contributed by atoms with Crippen LogP contribution in [0.3, 0.4) is 0 Å². The van der Waals surface area contributed by atoms with E-state index in [4.69, 9.17) is 4.74 Å². The molecule has 0 aliphatic carbocycles. The van der Waals surface area contributed by atoms with Gasteiger partial charge < -0.3 is 14.4 Å². The van der Waals surface area contributed by atoms with Gasteiger partial charge >= 0.3 is 5.97 Å². The monoisotopic (exact) mass is 286 g/mol. The maximum absolute atomic E-state index is 11.2. The number of methoxy groups -OCH3 is 1. The average Bonchev–Trinajstić information content (AvgIpc) is 2.54. The van der Waals surface area contributed by atoms with E-state index in [-0.39, 0.29) is 6.54 Å². The average molecular weight is 286 g/mol. The van der Waals surface area contributed by atoms with Crippen LogP contribution in [0.5, 0.6) is 11.5 Å². The van der Waals surface area contributed by atoms with Crippen molar-refractivity contribution in [3.8, 4) is 11.5 Å². The van der Waals surface area contributed by atoms with Crippen LogP contribution in [0, 0.1) is 0 Å². The number of nitrogens with zero attached hydrogens (tertiary/aromatic N) is 2. The lowest BCUT2D eigenvalue weighted by Crippen LogP contribution is -2.28. The van der Waals surface area contributed by atoms with Crippen molar-refractivity contribution in [3.63, 3.8) is 0 Å². The van der Waals surface area contributed by atoms with Crippen molar-refractivity contribution < 1.29 is 19.1 Å². The van der Waals surface area contributed by atoms with E-state index < -0.39 is 5.97 Å². The number of pyridine rings is 1. The molecular formula is C15H14N2O4. The molecule has 1 aromatic heterocycles. The molecule has 0 saturated carbocycles. The molecule has 6 heteroatoms. The Hall–Kier alpha value is -2.89. The lowest BCUT2D eigenvalue weighted by atomic mass is 10.3. The summed E-state index contributed by atoms with van der Waals surface area (Å²) in [4.78, 5) is 27.4. The van der Waals surface area contributed by atoms with Crippen LogP contribution in [0.2, 0.25) is 0 Å². The smallest absolute Gasteiger partial charge is 0.325 e. The number of anilines is 1. The summed E-state index contributed by atoms with van der Waals surface area (Å²) in [5, 5.41) is 0. The fraction of sp³-hybridized carbons (Fsp3) is 0.133. The van der Waals surface area contributed by atoms with Gasteiger partial charge in [-0.15, -0.1) is 0 Å². The Morgan fingerprint density at radius 1 is 1.24 bits per heavy atom. The van der Waals surface area contributed by atoms with Gasteiger partial charge in [0.05, 0.1) is 13.3 Å². The highest BCUT2D eigenvalue weighted by Crippen LogP contribution is 2.23. The number of aromatic nitrogens is 1. The van der Waals surface area contributed by atoms with E-state index in [0.29, 0.717) is 23.6 Å². The molecule has 0 atom stereocenters. The van der Waals surface area contributed by atoms with Crippen molar-refractivity contribution in [2.45, 2.75) is 0 Å². The zero-order chi connectivity index (χ0) is 15.1. The zero-order valence-electron chi connectivity index (χ0n) is 11.4. The maximum Gasteiger partial charge on any atom is 0.325 e. The Morgan fingerprint density at radius 2 is 2.00 bits per heavy atom. The van der Waals surface area contributed by atoms with Crippen LogP contribution >= 0.6 is 0 Å². The van der Waals surface area contributed by atoms with E-state index >= 15 is 0 Å². The topological polar surface area (TPSA) is 68.7 Å². The number of esters is 1. The highest BCUT2D eigenvalue weighted by Gasteiger charge is 2.11. The fourth-order valence-corrected chi connectivity index (χ4v) is 1.64. The molecule has 108 valence electrons. The summed E-state index contributed by atoms with van der Waals surface area (Å²) in [6, 6.07) is 10.3. The maximum atomic E-state index is 11.2. The number of ether oxygens (including phenoxy) is 2. The predicted molar refractivity (Wildman–Crippen MR) is 76.2 cm³/mol. The Kier molecular flexibility index (Phi) is 4.87. The molecule has 0 radical (unpaired) electrons. The molecule has 0 spiro atoms. The van der Waals surface area contributed by atoms with E-state index in [1.165, 1.54) is 12.0 Å². The van der Waals surface area contributed by atoms with Crippen LogP contribution in [0.4, 0.5) is 5.69 Å². The summed E-state index contributed by atoms with van der Waals surface area (Å²) in [5.74, 6) is 0.737. The van der Waals surface area contributed by atoms with Gasteiger partial charge in [-0.2, -0.15) is 0 Å². The number of hydrogen-bond donors (Lipinski definition) is 0. The summed E-state index contributed by atoms with van der Waals surface area (Å²) >= 11 is 0. The zero-order valence-corrected chi connectivity index (χ0v) is 11.4. The SMILES string of the molecule is COC(=O)CN(C=O)c1ccc(Oc2cccnc2)cc1. The Bertz CT molecular complexity index is 599. The summed E-state index contributed by atoms with van der Waals surface area (Å²) < 4.78 is 10.1. The third-order valence-corrected chi connectivity index (χ3v) is 2.69. The van der Waals surface area contributed by atoms with Gasteiger partial charge in [-0.1, -0.05) is 0 Å². The number of amides is 1. The fourth-order valence-electron chi connectivity index (χ4n) is 1.64. The Labute approximate surface area is 121 Å². The molecule has 2 aromatic rings. The second-order valence-corrected chi connectivity index (χ2v) is 4.09. The highest BCUT2D eigenvalue weighted by atomic mass is 16.5. The minimum Gasteiger partial charge on any atom is -0.468 e. The molecule has 0 unspecified atom stereocenters. The molecule has 0 saturated heterocycles. The van der Waals surface area contributed by atoms with Crippen LogP contribution in [-0.2, 0) is 14.3 Å². The van der Waals surface area contributed by atoms with Crippen LogP contribution in [0.25, 0.3) is 0 Å². The van der Waals surface area contributed by atoms with Crippen LogP contribution in [0.15, 0.2) is 48.8 Å². The number of carbonyl (C=O) groups excluding carboxylic acids is 2. The largest absolute Gasteiger partial charge is 0.468 e. The first-order chi connectivity index (χ1) is 10.2. The van der Waals surface area contributed by atoms with Crippen molar-refractivity contribution in [3.05, 3.63) is 48.8 Å². The van der Waals surface area contributed by atoms with Crippen LogP contribution in [-0.4, -0.2) is 31.0 Å². The lowest BCUT2D eigenvalue weighted by molar-refractivity contribution is -0.139. The van der Waals surface area contributed by atoms with Crippen LogP contribution < -0.4 is 9.64 Å². The molecule has 1 heterocycles. The molecule has 1 aromatic carbocycles. The number of benzene rings is 1. The van der Waals surface area contributed by atoms with Gasteiger partial charge in [0.15, 0.2) is 0 Å². The van der Waals surface area contributed by atoms with Crippen molar-refractivity contribution in [1.82, 2.24) is 4.98 Å². The second kappa shape index (κ2) is 7.04. The highest BCUT2D eigenvalue weighted by molar-refractivity contribution is 5.85. The standard InChI is InChI=1S/C15H14N2O4/c1-20-15(19)10-17(11-18)12-4-6-13(7-5-12)21-14-3-2-8-16-9-14/h2-9,11H,10H2,1H3. The van der Waals surface area contributed by atoms with E-state index in [2.05, 4.69) is 9.72 Å². The van der Waals surface area contributed by atoms with E-state index in [9.17, 15) is 9.59 Å². The molecule has 1 amide bonds. The van der Waals surface area contributed by atoms with Crippen molar-refractivity contribution in [1.29, 1.82) is 0 Å². The molecule has 0 aliphatic rings. The summed E-state index contributed by atoms with van der Waals surface area (Å²) in [7, 11) is 1.27. The van der Waals surface area contributed by atoms with Gasteiger partial charge in [-0.05, 0) is 36.4 Å². The van der Waals surface area contributed by atoms with E-state index in [1.54, 1.807) is 48.8 Å². The van der Waals surface area contributed by atoms with Gasteiger partial charge in [0, 0.05) is 11.9 Å². The van der Waals surface area contributed by atoms with Gasteiger partial charge in [0.1, 0.15) is 18.0 Å². The molecule has 0 aliphatic heterocycles. The van der Waals surface area contributed by atoms with E-state index in [1.807, 2.05) is 0 Å². The van der Waals surface area contributed by atoms with Crippen LogP contribution in [0.1, 0.15) is 0 Å². The lowest BCUT2D eigenvalue weighted by Gasteiger charge is -2.16. The third-order valence-electron chi connectivity index (χ3n) is 2.69. The predicted octanol–water partition coefficient (Wildman–Crippen LogP) is 2.01. The number of rotatable bonds is 6. The quantitative estimate of drug-likeness (QED) is 0.600. The van der Waals surface area contributed by atoms with E-state index in [0.717, 1.165) is 0 Å². The molecular weight excluding hydrogens is 272 g/mol. The van der Waals surface area contributed by atoms with Crippen molar-refractivity contribution in [2.24, 2.45) is 0 Å². The normalized spacial score (nSPS) is 9.76. The Morgan fingerprint density at radius 3 is 2.57 bits per heavy atom. The molecule has 0 N–H and O–H groups in total.